The molecule has 2 aromatic rings. The molecule has 1 N–H and O–H groups in total. The lowest BCUT2D eigenvalue weighted by molar-refractivity contribution is 0.468. The number of hydrogen-bond donors (Lipinski definition) is 1. The zero-order chi connectivity index (χ0) is 15.4. The van der Waals surface area contributed by atoms with Gasteiger partial charge in [-0.25, -0.2) is 0 Å². The minimum absolute atomic E-state index is 0.415. The lowest BCUT2D eigenvalue weighted by Gasteiger charge is -2.16. The van der Waals surface area contributed by atoms with Crippen LogP contribution >= 0.6 is 15.9 Å². The third kappa shape index (κ3) is 4.08. The van der Waals surface area contributed by atoms with Crippen LogP contribution in [0.3, 0.4) is 0 Å². The summed E-state index contributed by atoms with van der Waals surface area (Å²) in [5.74, 6) is 2.27. The van der Waals surface area contributed by atoms with E-state index in [0.29, 0.717) is 5.92 Å². The van der Waals surface area contributed by atoms with Gasteiger partial charge in [0.2, 0.25) is 0 Å². The first-order chi connectivity index (χ1) is 10.0. The van der Waals surface area contributed by atoms with E-state index in [1.807, 2.05) is 19.2 Å². The van der Waals surface area contributed by atoms with Crippen molar-refractivity contribution in [2.24, 2.45) is 0 Å². The van der Waals surface area contributed by atoms with E-state index in [0.717, 1.165) is 28.1 Å². The first kappa shape index (κ1) is 16.1. The van der Waals surface area contributed by atoms with E-state index < -0.39 is 0 Å². The van der Waals surface area contributed by atoms with Gasteiger partial charge in [-0.1, -0.05) is 41.9 Å². The standard InChI is InChI=1S/C18H22BrNO/c1-12(2)16-10-15(19)7-8-17(16)21-18-9-14(11-20-4)6-5-13(18)3/h5-10,12,20H,11H2,1-4H3. The number of hydrogen-bond acceptors (Lipinski definition) is 2. The third-order valence-electron chi connectivity index (χ3n) is 3.45. The van der Waals surface area contributed by atoms with Gasteiger partial charge < -0.3 is 10.1 Å². The van der Waals surface area contributed by atoms with Crippen molar-refractivity contribution in [3.63, 3.8) is 0 Å². The summed E-state index contributed by atoms with van der Waals surface area (Å²) in [6.45, 7) is 7.28. The SMILES string of the molecule is CNCc1ccc(C)c(Oc2ccc(Br)cc2C(C)C)c1. The monoisotopic (exact) mass is 347 g/mol. The van der Waals surface area contributed by atoms with Crippen LogP contribution in [0.5, 0.6) is 11.5 Å². The van der Waals surface area contributed by atoms with Crippen LogP contribution in [-0.4, -0.2) is 7.05 Å². The molecule has 0 fully saturated rings. The van der Waals surface area contributed by atoms with Crippen molar-refractivity contribution >= 4 is 15.9 Å². The van der Waals surface area contributed by atoms with Crippen molar-refractivity contribution < 1.29 is 4.74 Å². The fourth-order valence-corrected chi connectivity index (χ4v) is 2.63. The van der Waals surface area contributed by atoms with Crippen LogP contribution in [0.15, 0.2) is 40.9 Å². The highest BCUT2D eigenvalue weighted by atomic mass is 79.9. The molecular weight excluding hydrogens is 326 g/mol. The molecule has 0 aliphatic carbocycles. The van der Waals surface area contributed by atoms with Crippen molar-refractivity contribution in [2.45, 2.75) is 33.2 Å². The number of aryl methyl sites for hydroxylation is 1. The molecule has 0 saturated carbocycles. The van der Waals surface area contributed by atoms with Gasteiger partial charge in [0.25, 0.3) is 0 Å². The van der Waals surface area contributed by atoms with E-state index >= 15 is 0 Å². The Morgan fingerprint density at radius 2 is 1.86 bits per heavy atom. The van der Waals surface area contributed by atoms with Gasteiger partial charge in [0.05, 0.1) is 0 Å². The molecule has 0 amide bonds. The molecule has 0 radical (unpaired) electrons. The molecule has 0 unspecified atom stereocenters. The Kier molecular flexibility index (Phi) is 5.43. The second kappa shape index (κ2) is 7.10. The minimum Gasteiger partial charge on any atom is -0.457 e. The topological polar surface area (TPSA) is 21.3 Å². The number of rotatable bonds is 5. The van der Waals surface area contributed by atoms with Crippen molar-refractivity contribution in [1.82, 2.24) is 5.32 Å². The van der Waals surface area contributed by atoms with Crippen LogP contribution in [0, 0.1) is 6.92 Å². The molecule has 0 spiro atoms. The second-order valence-corrected chi connectivity index (χ2v) is 6.48. The summed E-state index contributed by atoms with van der Waals surface area (Å²) < 4.78 is 7.28. The molecule has 2 rings (SSSR count). The lowest BCUT2D eigenvalue weighted by Crippen LogP contribution is -2.05. The Balaban J connectivity index is 2.35. The van der Waals surface area contributed by atoms with Crippen LogP contribution in [0.1, 0.15) is 36.5 Å². The molecule has 112 valence electrons. The molecule has 21 heavy (non-hydrogen) atoms. The summed E-state index contributed by atoms with van der Waals surface area (Å²) in [5.41, 5.74) is 3.58. The van der Waals surface area contributed by atoms with E-state index in [2.05, 4.69) is 66.3 Å². The molecule has 3 heteroatoms. The molecule has 0 aliphatic heterocycles. The molecule has 0 aromatic heterocycles. The second-order valence-electron chi connectivity index (χ2n) is 5.57. The summed E-state index contributed by atoms with van der Waals surface area (Å²) in [4.78, 5) is 0. The summed E-state index contributed by atoms with van der Waals surface area (Å²) >= 11 is 3.53. The maximum absolute atomic E-state index is 6.19. The highest BCUT2D eigenvalue weighted by Gasteiger charge is 2.11. The van der Waals surface area contributed by atoms with Crippen molar-refractivity contribution in [1.29, 1.82) is 0 Å². The average molecular weight is 348 g/mol. The average Bonchev–Trinajstić information content (AvgIpc) is 2.44. The Morgan fingerprint density at radius 3 is 2.52 bits per heavy atom. The largest absolute Gasteiger partial charge is 0.457 e. The van der Waals surface area contributed by atoms with Crippen molar-refractivity contribution in [3.05, 3.63) is 57.6 Å². The maximum Gasteiger partial charge on any atom is 0.130 e. The smallest absolute Gasteiger partial charge is 0.130 e. The predicted octanol–water partition coefficient (Wildman–Crippen LogP) is 5.39. The number of nitrogens with one attached hydrogen (secondary N) is 1. The van der Waals surface area contributed by atoms with E-state index in [1.165, 1.54) is 11.1 Å². The van der Waals surface area contributed by atoms with Crippen molar-refractivity contribution in [3.8, 4) is 11.5 Å². The minimum atomic E-state index is 0.415. The molecule has 2 nitrogen and oxygen atoms in total. The fraction of sp³-hybridized carbons (Fsp3) is 0.333. The van der Waals surface area contributed by atoms with Crippen molar-refractivity contribution in [2.75, 3.05) is 7.05 Å². The summed E-state index contributed by atoms with van der Waals surface area (Å²) in [6.07, 6.45) is 0. The number of ether oxygens (including phenoxy) is 1. The molecule has 0 heterocycles. The fourth-order valence-electron chi connectivity index (χ4n) is 2.25. The summed E-state index contributed by atoms with van der Waals surface area (Å²) in [5, 5.41) is 3.17. The van der Waals surface area contributed by atoms with Gasteiger partial charge in [0.1, 0.15) is 11.5 Å². The first-order valence-corrected chi connectivity index (χ1v) is 8.02. The van der Waals surface area contributed by atoms with Gasteiger partial charge in [0.15, 0.2) is 0 Å². The van der Waals surface area contributed by atoms with Crippen LogP contribution in [-0.2, 0) is 6.54 Å². The highest BCUT2D eigenvalue weighted by Crippen LogP contribution is 2.34. The molecule has 0 atom stereocenters. The molecule has 0 aliphatic rings. The van der Waals surface area contributed by atoms with Gasteiger partial charge in [-0.15, -0.1) is 0 Å². The molecule has 0 bridgehead atoms. The summed E-state index contributed by atoms with van der Waals surface area (Å²) in [7, 11) is 1.95. The first-order valence-electron chi connectivity index (χ1n) is 7.22. The Hall–Kier alpha value is -1.32. The van der Waals surface area contributed by atoms with Crippen LogP contribution in [0.25, 0.3) is 0 Å². The van der Waals surface area contributed by atoms with Gasteiger partial charge in [-0.3, -0.25) is 0 Å². The predicted molar refractivity (Wildman–Crippen MR) is 92.2 cm³/mol. The zero-order valence-electron chi connectivity index (χ0n) is 13.0. The van der Waals surface area contributed by atoms with Gasteiger partial charge in [-0.2, -0.15) is 0 Å². The van der Waals surface area contributed by atoms with E-state index in [4.69, 9.17) is 4.74 Å². The van der Waals surface area contributed by atoms with Crippen LogP contribution in [0.2, 0.25) is 0 Å². The van der Waals surface area contributed by atoms with Gasteiger partial charge in [-0.05, 0) is 60.8 Å². The van der Waals surface area contributed by atoms with Gasteiger partial charge >= 0.3 is 0 Å². The quantitative estimate of drug-likeness (QED) is 0.782. The Morgan fingerprint density at radius 1 is 1.10 bits per heavy atom. The van der Waals surface area contributed by atoms with E-state index in [1.54, 1.807) is 0 Å². The van der Waals surface area contributed by atoms with E-state index in [-0.39, 0.29) is 0 Å². The number of benzene rings is 2. The summed E-state index contributed by atoms with van der Waals surface area (Å²) in [6, 6.07) is 12.5. The van der Waals surface area contributed by atoms with Crippen LogP contribution < -0.4 is 10.1 Å². The molecule has 2 aromatic carbocycles. The Labute approximate surface area is 135 Å². The number of halogens is 1. The molecule has 0 saturated heterocycles. The Bertz CT molecular complexity index is 623. The highest BCUT2D eigenvalue weighted by molar-refractivity contribution is 9.10. The van der Waals surface area contributed by atoms with Gasteiger partial charge in [0, 0.05) is 11.0 Å². The molecular formula is C18H22BrNO. The van der Waals surface area contributed by atoms with E-state index in [9.17, 15) is 0 Å². The maximum atomic E-state index is 6.19. The lowest BCUT2D eigenvalue weighted by atomic mass is 10.0. The normalized spacial score (nSPS) is 11.0. The third-order valence-corrected chi connectivity index (χ3v) is 3.94. The zero-order valence-corrected chi connectivity index (χ0v) is 14.6. The van der Waals surface area contributed by atoms with Crippen LogP contribution in [0.4, 0.5) is 0 Å².